The molecular formula is C28H27N5O2S. The zero-order chi connectivity index (χ0) is 25.2. The number of thiocarbonyl (C=S) groups is 1. The molecule has 8 heteroatoms. The molecule has 1 N–H and O–H groups in total. The fourth-order valence-corrected chi connectivity index (χ4v) is 5.01. The molecule has 0 amide bonds. The maximum atomic E-state index is 12.6. The third-order valence-electron chi connectivity index (χ3n) is 6.39. The summed E-state index contributed by atoms with van der Waals surface area (Å²) in [6, 6.07) is 25.2. The van der Waals surface area contributed by atoms with Crippen molar-refractivity contribution in [3.05, 3.63) is 108 Å². The van der Waals surface area contributed by atoms with Crippen LogP contribution in [-0.2, 0) is 4.74 Å². The molecule has 2 aromatic carbocycles. The van der Waals surface area contributed by atoms with E-state index in [9.17, 15) is 4.79 Å². The number of ether oxygens (including phenoxy) is 1. The molecular weight excluding hydrogens is 470 g/mol. The number of benzene rings is 2. The summed E-state index contributed by atoms with van der Waals surface area (Å²) in [7, 11) is 5.43. The van der Waals surface area contributed by atoms with Gasteiger partial charge in [-0.25, -0.2) is 4.79 Å². The average Bonchev–Trinajstić information content (AvgIpc) is 3.53. The van der Waals surface area contributed by atoms with Crippen LogP contribution < -0.4 is 15.1 Å². The number of aromatic nitrogens is 2. The lowest BCUT2D eigenvalue weighted by molar-refractivity contribution is 0.0600. The third-order valence-corrected chi connectivity index (χ3v) is 6.71. The lowest BCUT2D eigenvalue weighted by atomic mass is 10.0. The number of carbonyl (C=O) groups excluding carboxylic acids is 1. The van der Waals surface area contributed by atoms with Crippen LogP contribution in [0.2, 0.25) is 0 Å². The highest BCUT2D eigenvalue weighted by atomic mass is 32.1. The molecule has 2 atom stereocenters. The maximum Gasteiger partial charge on any atom is 0.339 e. The van der Waals surface area contributed by atoms with Crippen LogP contribution in [0.25, 0.3) is 5.69 Å². The fraction of sp³-hybridized carbons (Fsp3) is 0.179. The van der Waals surface area contributed by atoms with Gasteiger partial charge in [-0.05, 0) is 72.9 Å². The van der Waals surface area contributed by atoms with Crippen LogP contribution in [0, 0.1) is 0 Å². The Hall–Kier alpha value is -4.17. The van der Waals surface area contributed by atoms with Gasteiger partial charge in [-0.2, -0.15) is 0 Å². The monoisotopic (exact) mass is 497 g/mol. The third kappa shape index (κ3) is 4.20. The Labute approximate surface area is 215 Å². The minimum atomic E-state index is -0.386. The van der Waals surface area contributed by atoms with Gasteiger partial charge in [0.25, 0.3) is 0 Å². The Balaban J connectivity index is 1.66. The highest BCUT2D eigenvalue weighted by Crippen LogP contribution is 2.42. The molecule has 5 rings (SSSR count). The first-order chi connectivity index (χ1) is 17.5. The fourth-order valence-electron chi connectivity index (χ4n) is 4.67. The first-order valence-electron chi connectivity index (χ1n) is 11.6. The molecule has 1 aliphatic heterocycles. The molecule has 0 unspecified atom stereocenters. The normalized spacial score (nSPS) is 17.1. The van der Waals surface area contributed by atoms with Crippen molar-refractivity contribution in [2.45, 2.75) is 12.1 Å². The van der Waals surface area contributed by atoms with Crippen molar-refractivity contribution in [2.24, 2.45) is 0 Å². The van der Waals surface area contributed by atoms with Crippen LogP contribution >= 0.6 is 12.2 Å². The molecule has 4 aromatic rings. The van der Waals surface area contributed by atoms with Gasteiger partial charge in [-0.1, -0.05) is 18.2 Å². The highest BCUT2D eigenvalue weighted by Gasteiger charge is 2.42. The quantitative estimate of drug-likeness (QED) is 0.300. The number of methoxy groups -OCH3 is 1. The first kappa shape index (κ1) is 23.6. The zero-order valence-corrected chi connectivity index (χ0v) is 21.1. The van der Waals surface area contributed by atoms with Gasteiger partial charge in [-0.15, -0.1) is 0 Å². The Morgan fingerprint density at radius 3 is 2.44 bits per heavy atom. The number of hydrogen-bond donors (Lipinski definition) is 1. The number of pyridine rings is 1. The Morgan fingerprint density at radius 1 is 1.00 bits per heavy atom. The number of rotatable bonds is 6. The zero-order valence-electron chi connectivity index (χ0n) is 20.3. The van der Waals surface area contributed by atoms with E-state index in [0.717, 1.165) is 28.5 Å². The van der Waals surface area contributed by atoms with Gasteiger partial charge in [0.15, 0.2) is 5.11 Å². The van der Waals surface area contributed by atoms with E-state index in [1.807, 2.05) is 67.3 Å². The van der Waals surface area contributed by atoms with Crippen LogP contribution in [0.5, 0.6) is 0 Å². The van der Waals surface area contributed by atoms with E-state index in [2.05, 4.69) is 50.4 Å². The van der Waals surface area contributed by atoms with Crippen molar-refractivity contribution in [1.29, 1.82) is 0 Å². The van der Waals surface area contributed by atoms with E-state index in [1.165, 1.54) is 7.11 Å². The Kier molecular flexibility index (Phi) is 6.43. The highest BCUT2D eigenvalue weighted by molar-refractivity contribution is 7.80. The molecule has 0 radical (unpaired) electrons. The van der Waals surface area contributed by atoms with Gasteiger partial charge < -0.3 is 24.4 Å². The van der Waals surface area contributed by atoms with Crippen LogP contribution in [0.1, 0.15) is 33.8 Å². The van der Waals surface area contributed by atoms with Gasteiger partial charge in [0.2, 0.25) is 0 Å². The summed E-state index contributed by atoms with van der Waals surface area (Å²) in [5.41, 5.74) is 5.14. The van der Waals surface area contributed by atoms with Gasteiger partial charge >= 0.3 is 5.97 Å². The van der Waals surface area contributed by atoms with Crippen molar-refractivity contribution >= 4 is 34.7 Å². The number of para-hydroxylation sites is 1. The van der Waals surface area contributed by atoms with Crippen molar-refractivity contribution in [3.63, 3.8) is 0 Å². The van der Waals surface area contributed by atoms with E-state index in [4.69, 9.17) is 17.0 Å². The van der Waals surface area contributed by atoms with Crippen LogP contribution in [0.4, 0.5) is 11.4 Å². The second-order valence-electron chi connectivity index (χ2n) is 8.72. The van der Waals surface area contributed by atoms with Gasteiger partial charge in [0.1, 0.15) is 6.04 Å². The van der Waals surface area contributed by atoms with Crippen molar-refractivity contribution in [2.75, 3.05) is 31.0 Å². The van der Waals surface area contributed by atoms with Crippen LogP contribution in [-0.4, -0.2) is 41.8 Å². The number of carbonyl (C=O) groups is 1. The van der Waals surface area contributed by atoms with E-state index in [1.54, 1.807) is 12.3 Å². The minimum Gasteiger partial charge on any atom is -0.465 e. The summed E-state index contributed by atoms with van der Waals surface area (Å²) < 4.78 is 7.09. The summed E-state index contributed by atoms with van der Waals surface area (Å²) >= 11 is 5.87. The number of esters is 1. The number of hydrogen-bond acceptors (Lipinski definition) is 5. The SMILES string of the molecule is COC(=O)c1ccccc1-n1cccc1[C@@H]1[C@H](c2ccccn2)NC(=S)N1c1ccc(N(C)C)cc1. The summed E-state index contributed by atoms with van der Waals surface area (Å²) in [5.74, 6) is -0.386. The molecule has 7 nitrogen and oxygen atoms in total. The van der Waals surface area contributed by atoms with E-state index >= 15 is 0 Å². The molecule has 0 spiro atoms. The molecule has 1 fully saturated rings. The molecule has 1 aliphatic rings. The van der Waals surface area contributed by atoms with E-state index in [0.29, 0.717) is 10.7 Å². The first-order valence-corrected chi connectivity index (χ1v) is 12.0. The Morgan fingerprint density at radius 2 is 1.75 bits per heavy atom. The summed E-state index contributed by atoms with van der Waals surface area (Å²) in [6.45, 7) is 0. The van der Waals surface area contributed by atoms with E-state index in [-0.39, 0.29) is 18.1 Å². The molecule has 3 heterocycles. The minimum absolute atomic E-state index is 0.203. The molecule has 1 saturated heterocycles. The molecule has 0 saturated carbocycles. The molecule has 182 valence electrons. The topological polar surface area (TPSA) is 62.6 Å². The Bertz CT molecular complexity index is 1380. The largest absolute Gasteiger partial charge is 0.465 e. The van der Waals surface area contributed by atoms with Crippen molar-refractivity contribution in [3.8, 4) is 5.69 Å². The molecule has 0 bridgehead atoms. The molecule has 2 aromatic heterocycles. The van der Waals surface area contributed by atoms with Crippen LogP contribution in [0.15, 0.2) is 91.3 Å². The standard InChI is InChI=1S/C28H27N5O2S/c1-31(2)19-13-15-20(16-14-19)33-26(25(30-28(33)36)22-10-6-7-17-29-22)24-12-8-18-32(24)23-11-5-4-9-21(23)27(34)35-3/h4-18,25-26H,1-3H3,(H,30,36)/t25-,26+/m0/s1. The second kappa shape index (κ2) is 9.83. The lowest BCUT2D eigenvalue weighted by Gasteiger charge is -2.29. The van der Waals surface area contributed by atoms with Crippen LogP contribution in [0.3, 0.4) is 0 Å². The van der Waals surface area contributed by atoms with E-state index < -0.39 is 0 Å². The number of nitrogens with one attached hydrogen (secondary N) is 1. The molecule has 36 heavy (non-hydrogen) atoms. The summed E-state index contributed by atoms with van der Waals surface area (Å²) in [4.78, 5) is 21.4. The summed E-state index contributed by atoms with van der Waals surface area (Å²) in [6.07, 6.45) is 3.75. The van der Waals surface area contributed by atoms with Gasteiger partial charge in [0, 0.05) is 43.6 Å². The predicted octanol–water partition coefficient (Wildman–Crippen LogP) is 4.90. The lowest BCUT2D eigenvalue weighted by Crippen LogP contribution is -2.30. The van der Waals surface area contributed by atoms with Gasteiger partial charge in [-0.3, -0.25) is 4.98 Å². The van der Waals surface area contributed by atoms with Crippen molar-refractivity contribution < 1.29 is 9.53 Å². The average molecular weight is 498 g/mol. The predicted molar refractivity (Wildman–Crippen MR) is 146 cm³/mol. The number of anilines is 2. The smallest absolute Gasteiger partial charge is 0.339 e. The second-order valence-corrected chi connectivity index (χ2v) is 9.11. The molecule has 0 aliphatic carbocycles. The van der Waals surface area contributed by atoms with Gasteiger partial charge in [0.05, 0.1) is 30.1 Å². The maximum absolute atomic E-state index is 12.6. The number of nitrogens with zero attached hydrogens (tertiary/aromatic N) is 4. The van der Waals surface area contributed by atoms with Crippen molar-refractivity contribution in [1.82, 2.24) is 14.9 Å². The summed E-state index contributed by atoms with van der Waals surface area (Å²) in [5, 5.41) is 4.11.